The Kier molecular flexibility index (Phi) is 5.45. The summed E-state index contributed by atoms with van der Waals surface area (Å²) in [5.41, 5.74) is 0.682. The van der Waals surface area contributed by atoms with Gasteiger partial charge in [0.25, 0.3) is 0 Å². The van der Waals surface area contributed by atoms with Crippen molar-refractivity contribution in [2.24, 2.45) is 0 Å². The molecule has 1 aliphatic heterocycles. The molecule has 27 heavy (non-hydrogen) atoms. The summed E-state index contributed by atoms with van der Waals surface area (Å²) in [7, 11) is 0. The second kappa shape index (κ2) is 7.63. The molecule has 144 valence electrons. The van der Waals surface area contributed by atoms with Crippen LogP contribution in [0.15, 0.2) is 23.1 Å². The molecule has 0 radical (unpaired) electrons. The lowest BCUT2D eigenvalue weighted by Gasteiger charge is -2.14. The minimum atomic E-state index is -2.24. The molecule has 1 aliphatic rings. The fourth-order valence-electron chi connectivity index (χ4n) is 2.30. The van der Waals surface area contributed by atoms with Crippen LogP contribution >= 0.6 is 11.8 Å². The summed E-state index contributed by atoms with van der Waals surface area (Å²) in [6.07, 6.45) is 0. The summed E-state index contributed by atoms with van der Waals surface area (Å²) in [5, 5.41) is 1.42. The van der Waals surface area contributed by atoms with E-state index in [1.807, 2.05) is 0 Å². The topological polar surface area (TPSA) is 47.6 Å². The van der Waals surface area contributed by atoms with Crippen molar-refractivity contribution in [2.75, 3.05) is 6.79 Å². The third-order valence-corrected chi connectivity index (χ3v) is 4.90. The SMILES string of the molecule is C[C@H](Sc1c(F)c(F)c(F)c(F)c1F)C(=O)NCc1ccc2c(c1)OCO2. The van der Waals surface area contributed by atoms with Gasteiger partial charge in [0, 0.05) is 6.54 Å². The molecule has 0 spiro atoms. The Labute approximate surface area is 154 Å². The van der Waals surface area contributed by atoms with Crippen LogP contribution in [0.4, 0.5) is 22.0 Å². The third kappa shape index (κ3) is 3.80. The number of ether oxygens (including phenoxy) is 2. The number of halogens is 5. The molecule has 0 unspecified atom stereocenters. The fourth-order valence-corrected chi connectivity index (χ4v) is 3.23. The Morgan fingerprint density at radius 1 is 1.04 bits per heavy atom. The Morgan fingerprint density at radius 2 is 1.63 bits per heavy atom. The predicted molar refractivity (Wildman–Crippen MR) is 86.0 cm³/mol. The highest BCUT2D eigenvalue weighted by molar-refractivity contribution is 8.00. The van der Waals surface area contributed by atoms with Crippen molar-refractivity contribution in [2.45, 2.75) is 23.6 Å². The summed E-state index contributed by atoms with van der Waals surface area (Å²) in [4.78, 5) is 11.0. The highest BCUT2D eigenvalue weighted by Gasteiger charge is 2.28. The summed E-state index contributed by atoms with van der Waals surface area (Å²) < 4.78 is 77.3. The molecule has 0 saturated carbocycles. The van der Waals surface area contributed by atoms with Crippen LogP contribution < -0.4 is 14.8 Å². The van der Waals surface area contributed by atoms with Crippen molar-refractivity contribution in [3.8, 4) is 11.5 Å². The minimum absolute atomic E-state index is 0.0808. The maximum atomic E-state index is 13.7. The molecule has 2 aromatic carbocycles. The van der Waals surface area contributed by atoms with E-state index >= 15 is 0 Å². The molecule has 3 rings (SSSR count). The quantitative estimate of drug-likeness (QED) is 0.355. The van der Waals surface area contributed by atoms with Gasteiger partial charge in [-0.1, -0.05) is 6.07 Å². The first-order valence-corrected chi connectivity index (χ1v) is 8.52. The van der Waals surface area contributed by atoms with Crippen LogP contribution in [0.3, 0.4) is 0 Å². The normalized spacial score (nSPS) is 13.6. The van der Waals surface area contributed by atoms with Crippen molar-refractivity contribution >= 4 is 17.7 Å². The van der Waals surface area contributed by atoms with Crippen LogP contribution in [0.1, 0.15) is 12.5 Å². The Balaban J connectivity index is 1.66. The molecule has 0 saturated heterocycles. The molecule has 2 aromatic rings. The third-order valence-electron chi connectivity index (χ3n) is 3.74. The lowest BCUT2D eigenvalue weighted by Crippen LogP contribution is -2.30. The molecule has 0 aromatic heterocycles. The number of nitrogens with one attached hydrogen (secondary N) is 1. The standard InChI is InChI=1S/C17H12F5NO3S/c1-7(27-16-14(21)12(19)11(18)13(20)15(16)22)17(24)23-5-8-2-3-9-10(4-8)26-6-25-9/h2-4,7H,5-6H2,1H3,(H,23,24)/t7-/m0/s1. The van der Waals surface area contributed by atoms with Crippen molar-refractivity contribution in [3.05, 3.63) is 52.8 Å². The van der Waals surface area contributed by atoms with Gasteiger partial charge in [-0.2, -0.15) is 0 Å². The zero-order valence-electron chi connectivity index (χ0n) is 13.7. The van der Waals surface area contributed by atoms with E-state index in [9.17, 15) is 26.7 Å². The van der Waals surface area contributed by atoms with Gasteiger partial charge in [-0.3, -0.25) is 4.79 Å². The van der Waals surface area contributed by atoms with Gasteiger partial charge in [0.2, 0.25) is 18.5 Å². The van der Waals surface area contributed by atoms with Gasteiger partial charge in [0.15, 0.2) is 34.8 Å². The average Bonchev–Trinajstić information content (AvgIpc) is 3.13. The average molecular weight is 405 g/mol. The molecule has 10 heteroatoms. The van der Waals surface area contributed by atoms with Crippen LogP contribution in [0.2, 0.25) is 0 Å². The monoisotopic (exact) mass is 405 g/mol. The Bertz CT molecular complexity index is 880. The first-order chi connectivity index (χ1) is 12.8. The van der Waals surface area contributed by atoms with Crippen molar-refractivity contribution < 1.29 is 36.2 Å². The van der Waals surface area contributed by atoms with E-state index < -0.39 is 45.1 Å². The van der Waals surface area contributed by atoms with E-state index in [0.29, 0.717) is 17.1 Å². The molecule has 1 amide bonds. The minimum Gasteiger partial charge on any atom is -0.454 e. The van der Waals surface area contributed by atoms with E-state index in [1.165, 1.54) is 6.92 Å². The molecule has 1 atom stereocenters. The number of hydrogen-bond donors (Lipinski definition) is 1. The largest absolute Gasteiger partial charge is 0.454 e. The fraction of sp³-hybridized carbons (Fsp3) is 0.235. The van der Waals surface area contributed by atoms with Gasteiger partial charge in [0.05, 0.1) is 10.1 Å². The maximum Gasteiger partial charge on any atom is 0.233 e. The molecule has 1 N–H and O–H groups in total. The van der Waals surface area contributed by atoms with E-state index in [2.05, 4.69) is 5.32 Å². The summed E-state index contributed by atoms with van der Waals surface area (Å²) in [6.45, 7) is 1.47. The molecular weight excluding hydrogens is 393 g/mol. The number of fused-ring (bicyclic) bond motifs is 1. The zero-order chi connectivity index (χ0) is 19.7. The van der Waals surface area contributed by atoms with Crippen molar-refractivity contribution in [3.63, 3.8) is 0 Å². The van der Waals surface area contributed by atoms with E-state index in [1.54, 1.807) is 18.2 Å². The predicted octanol–water partition coefficient (Wildman–Crippen LogP) is 3.91. The lowest BCUT2D eigenvalue weighted by atomic mass is 10.2. The molecule has 1 heterocycles. The van der Waals surface area contributed by atoms with Gasteiger partial charge < -0.3 is 14.8 Å². The second-order valence-electron chi connectivity index (χ2n) is 5.56. The zero-order valence-corrected chi connectivity index (χ0v) is 14.6. The first-order valence-electron chi connectivity index (χ1n) is 7.64. The Morgan fingerprint density at radius 3 is 2.30 bits per heavy atom. The van der Waals surface area contributed by atoms with Crippen molar-refractivity contribution in [1.82, 2.24) is 5.32 Å². The van der Waals surface area contributed by atoms with E-state index in [4.69, 9.17) is 9.47 Å². The van der Waals surface area contributed by atoms with E-state index in [0.717, 1.165) is 0 Å². The van der Waals surface area contributed by atoms with Gasteiger partial charge in [-0.25, -0.2) is 22.0 Å². The second-order valence-corrected chi connectivity index (χ2v) is 6.92. The van der Waals surface area contributed by atoms with E-state index in [-0.39, 0.29) is 25.1 Å². The molecule has 0 aliphatic carbocycles. The van der Waals surface area contributed by atoms with Gasteiger partial charge >= 0.3 is 0 Å². The number of amides is 1. The van der Waals surface area contributed by atoms with Crippen LogP contribution in [0.5, 0.6) is 11.5 Å². The van der Waals surface area contributed by atoms with Crippen LogP contribution in [0.25, 0.3) is 0 Å². The summed E-state index contributed by atoms with van der Waals surface area (Å²) >= 11 is 0.244. The van der Waals surface area contributed by atoms with Crippen molar-refractivity contribution in [1.29, 1.82) is 0 Å². The van der Waals surface area contributed by atoms with Crippen LogP contribution in [-0.2, 0) is 11.3 Å². The highest BCUT2D eigenvalue weighted by atomic mass is 32.2. The number of carbonyl (C=O) groups excluding carboxylic acids is 1. The van der Waals surface area contributed by atoms with Crippen LogP contribution in [0, 0.1) is 29.1 Å². The number of thioether (sulfide) groups is 1. The number of benzene rings is 2. The maximum absolute atomic E-state index is 13.7. The molecule has 0 fully saturated rings. The summed E-state index contributed by atoms with van der Waals surface area (Å²) in [6, 6.07) is 5.01. The van der Waals surface area contributed by atoms with Gasteiger partial charge in [0.1, 0.15) is 0 Å². The highest BCUT2D eigenvalue weighted by Crippen LogP contribution is 2.34. The molecule has 0 bridgehead atoms. The lowest BCUT2D eigenvalue weighted by molar-refractivity contribution is -0.120. The molecular formula is C17H12F5NO3S. The summed E-state index contributed by atoms with van der Waals surface area (Å²) in [5.74, 6) is -9.82. The smallest absolute Gasteiger partial charge is 0.233 e. The van der Waals surface area contributed by atoms with Crippen LogP contribution in [-0.4, -0.2) is 18.0 Å². The Hall–Kier alpha value is -2.49. The number of hydrogen-bond acceptors (Lipinski definition) is 4. The molecule has 4 nitrogen and oxygen atoms in total. The number of carbonyl (C=O) groups is 1. The van der Waals surface area contributed by atoms with Gasteiger partial charge in [-0.05, 0) is 24.6 Å². The van der Waals surface area contributed by atoms with Gasteiger partial charge in [-0.15, -0.1) is 11.8 Å². The first kappa shape index (κ1) is 19.3. The number of rotatable bonds is 5.